The van der Waals surface area contributed by atoms with Gasteiger partial charge >= 0.3 is 0 Å². The van der Waals surface area contributed by atoms with Crippen LogP contribution in [0, 0.1) is 6.92 Å². The highest BCUT2D eigenvalue weighted by Gasteiger charge is 2.30. The summed E-state index contributed by atoms with van der Waals surface area (Å²) in [5.74, 6) is -2.09. The summed E-state index contributed by atoms with van der Waals surface area (Å²) in [6.07, 6.45) is 8.82. The molecule has 4 rings (SSSR count). The monoisotopic (exact) mass is 357 g/mol. The van der Waals surface area contributed by atoms with Crippen molar-refractivity contribution in [3.8, 4) is 11.1 Å². The lowest BCUT2D eigenvalue weighted by atomic mass is 10.1. The molecule has 0 spiro atoms. The predicted octanol–water partition coefficient (Wildman–Crippen LogP) is 3.20. The van der Waals surface area contributed by atoms with Crippen LogP contribution in [-0.4, -0.2) is 40.9 Å². The molecule has 4 heterocycles. The van der Waals surface area contributed by atoms with E-state index in [0.717, 1.165) is 29.3 Å². The van der Waals surface area contributed by atoms with E-state index in [1.54, 1.807) is 29.3 Å². The second-order valence-electron chi connectivity index (χ2n) is 6.38. The van der Waals surface area contributed by atoms with Gasteiger partial charge in [-0.1, -0.05) is 0 Å². The number of hydrogen-bond acceptors (Lipinski definition) is 5. The van der Waals surface area contributed by atoms with E-state index in [1.807, 2.05) is 23.6 Å². The maximum absolute atomic E-state index is 13.3. The summed E-state index contributed by atoms with van der Waals surface area (Å²) in [6.45, 7) is 4.20. The van der Waals surface area contributed by atoms with E-state index in [1.165, 1.54) is 6.92 Å². The van der Waals surface area contributed by atoms with Crippen LogP contribution in [0.15, 0.2) is 37.1 Å². The molecule has 1 atom stereocenters. The van der Waals surface area contributed by atoms with Gasteiger partial charge in [0.2, 0.25) is 11.7 Å². The van der Waals surface area contributed by atoms with Crippen molar-refractivity contribution in [1.29, 1.82) is 0 Å². The minimum atomic E-state index is -2.87. The number of aromatic nitrogens is 6. The molecule has 134 valence electrons. The summed E-state index contributed by atoms with van der Waals surface area (Å²) in [6, 6.07) is 0.812. The molecule has 9 heteroatoms. The second-order valence-corrected chi connectivity index (χ2v) is 6.38. The van der Waals surface area contributed by atoms with Crippen molar-refractivity contribution in [2.24, 2.45) is 0 Å². The molecule has 0 aliphatic rings. The Morgan fingerprint density at radius 1 is 1.15 bits per heavy atom. The van der Waals surface area contributed by atoms with Gasteiger partial charge in [0.25, 0.3) is 5.92 Å². The summed E-state index contributed by atoms with van der Waals surface area (Å²) in [4.78, 5) is 12.7. The Hall–Kier alpha value is -3.10. The molecule has 0 aliphatic heterocycles. The first-order valence-corrected chi connectivity index (χ1v) is 8.12. The predicted molar refractivity (Wildman–Crippen MR) is 93.4 cm³/mol. The van der Waals surface area contributed by atoms with Crippen LogP contribution in [0.5, 0.6) is 0 Å². The zero-order valence-corrected chi connectivity index (χ0v) is 14.5. The van der Waals surface area contributed by atoms with Crippen LogP contribution in [0.2, 0.25) is 0 Å². The zero-order valence-electron chi connectivity index (χ0n) is 14.5. The molecule has 4 aromatic heterocycles. The highest BCUT2D eigenvalue weighted by molar-refractivity contribution is 5.79. The summed E-state index contributed by atoms with van der Waals surface area (Å²) in [5, 5.41) is 6.90. The van der Waals surface area contributed by atoms with Crippen LogP contribution < -0.4 is 5.32 Å². The number of imidazole rings is 1. The number of fused-ring (bicyclic) bond motifs is 2. The summed E-state index contributed by atoms with van der Waals surface area (Å²) in [7, 11) is 0. The number of rotatable bonds is 4. The second kappa shape index (κ2) is 5.72. The van der Waals surface area contributed by atoms with Gasteiger partial charge in [-0.05, 0) is 19.9 Å². The van der Waals surface area contributed by atoms with Gasteiger partial charge in [-0.25, -0.2) is 28.2 Å². The van der Waals surface area contributed by atoms with Gasteiger partial charge in [0.05, 0.1) is 24.0 Å². The molecule has 0 bridgehead atoms. The Labute approximate surface area is 147 Å². The molecule has 0 radical (unpaired) electrons. The van der Waals surface area contributed by atoms with Crippen molar-refractivity contribution in [1.82, 2.24) is 29.0 Å². The first kappa shape index (κ1) is 16.4. The number of nitrogens with zero attached hydrogens (tertiary/aromatic N) is 6. The van der Waals surface area contributed by atoms with Crippen LogP contribution >= 0.6 is 0 Å². The van der Waals surface area contributed by atoms with E-state index < -0.39 is 12.0 Å². The quantitative estimate of drug-likeness (QED) is 0.607. The molecule has 0 amide bonds. The fraction of sp³-hybridized carbons (Fsp3) is 0.294. The van der Waals surface area contributed by atoms with E-state index in [0.29, 0.717) is 5.78 Å². The number of halogens is 2. The molecule has 26 heavy (non-hydrogen) atoms. The molecule has 0 fully saturated rings. The average Bonchev–Trinajstić information content (AvgIpc) is 3.17. The third-order valence-electron chi connectivity index (χ3n) is 4.38. The van der Waals surface area contributed by atoms with E-state index in [2.05, 4.69) is 25.4 Å². The fourth-order valence-corrected chi connectivity index (χ4v) is 2.66. The van der Waals surface area contributed by atoms with Gasteiger partial charge in [0.15, 0.2) is 0 Å². The van der Waals surface area contributed by atoms with E-state index in [-0.39, 0.29) is 5.95 Å². The number of nitrogens with one attached hydrogen (secondary N) is 1. The van der Waals surface area contributed by atoms with Crippen LogP contribution in [0.4, 0.5) is 14.7 Å². The van der Waals surface area contributed by atoms with Crippen molar-refractivity contribution in [2.75, 3.05) is 5.32 Å². The molecule has 7 nitrogen and oxygen atoms in total. The highest BCUT2D eigenvalue weighted by atomic mass is 19.3. The topological polar surface area (TPSA) is 72.4 Å². The minimum absolute atomic E-state index is 0.146. The van der Waals surface area contributed by atoms with Gasteiger partial charge in [0, 0.05) is 42.3 Å². The highest BCUT2D eigenvalue weighted by Crippen LogP contribution is 2.26. The van der Waals surface area contributed by atoms with Crippen LogP contribution in [-0.2, 0) is 0 Å². The number of anilines is 1. The smallest absolute Gasteiger partial charge is 0.264 e. The lowest BCUT2D eigenvalue weighted by Crippen LogP contribution is -2.35. The lowest BCUT2D eigenvalue weighted by molar-refractivity contribution is 0.00673. The molecule has 0 aromatic carbocycles. The van der Waals surface area contributed by atoms with Crippen molar-refractivity contribution in [2.45, 2.75) is 32.7 Å². The van der Waals surface area contributed by atoms with Gasteiger partial charge in [-0.2, -0.15) is 0 Å². The van der Waals surface area contributed by atoms with Gasteiger partial charge in [-0.15, -0.1) is 5.10 Å². The molecule has 0 unspecified atom stereocenters. The van der Waals surface area contributed by atoms with E-state index >= 15 is 0 Å². The third kappa shape index (κ3) is 2.75. The van der Waals surface area contributed by atoms with Crippen LogP contribution in [0.1, 0.15) is 19.5 Å². The number of aryl methyl sites for hydroxylation is 1. The lowest BCUT2D eigenvalue weighted by Gasteiger charge is -2.20. The molecule has 0 saturated heterocycles. The van der Waals surface area contributed by atoms with Crippen molar-refractivity contribution in [3.05, 3.63) is 42.7 Å². The van der Waals surface area contributed by atoms with Gasteiger partial charge < -0.3 is 5.32 Å². The number of alkyl halides is 2. The SMILES string of the molecule is Cc1cnc2ncc(-c3ccn4nc(N[C@H](C)C(C)(F)F)ncc34)cn12. The Bertz CT molecular complexity index is 1090. The molecule has 4 aromatic rings. The van der Waals surface area contributed by atoms with Crippen molar-refractivity contribution in [3.63, 3.8) is 0 Å². The number of hydrogen-bond donors (Lipinski definition) is 1. The molecule has 0 aliphatic carbocycles. The van der Waals surface area contributed by atoms with Gasteiger partial charge in [-0.3, -0.25) is 4.40 Å². The Morgan fingerprint density at radius 2 is 1.92 bits per heavy atom. The summed E-state index contributed by atoms with van der Waals surface area (Å²) < 4.78 is 30.2. The minimum Gasteiger partial charge on any atom is -0.344 e. The maximum Gasteiger partial charge on any atom is 0.264 e. The van der Waals surface area contributed by atoms with E-state index in [4.69, 9.17) is 0 Å². The average molecular weight is 357 g/mol. The standard InChI is InChI=1S/C17H17F2N7/c1-10-6-21-16-22-7-12(9-25(10)16)13-4-5-26-14(13)8-20-15(24-26)23-11(2)17(3,18)19/h4-9,11H,1-3H3,(H,23,24)/t11-/m1/s1. The summed E-state index contributed by atoms with van der Waals surface area (Å²) >= 11 is 0. The Balaban J connectivity index is 1.71. The van der Waals surface area contributed by atoms with Crippen molar-refractivity contribution >= 4 is 17.2 Å². The Morgan fingerprint density at radius 3 is 2.69 bits per heavy atom. The van der Waals surface area contributed by atoms with Crippen LogP contribution in [0.25, 0.3) is 22.4 Å². The molecular weight excluding hydrogens is 340 g/mol. The normalized spacial score (nSPS) is 13.4. The van der Waals surface area contributed by atoms with Gasteiger partial charge in [0.1, 0.15) is 0 Å². The zero-order chi connectivity index (χ0) is 18.5. The Kier molecular flexibility index (Phi) is 3.60. The fourth-order valence-electron chi connectivity index (χ4n) is 2.66. The molecule has 1 N–H and O–H groups in total. The van der Waals surface area contributed by atoms with Crippen molar-refractivity contribution < 1.29 is 8.78 Å². The van der Waals surface area contributed by atoms with E-state index in [9.17, 15) is 8.78 Å². The third-order valence-corrected chi connectivity index (χ3v) is 4.38. The molecular formula is C17H17F2N7. The first-order valence-electron chi connectivity index (χ1n) is 8.12. The largest absolute Gasteiger partial charge is 0.344 e. The molecule has 0 saturated carbocycles. The summed E-state index contributed by atoms with van der Waals surface area (Å²) in [5.41, 5.74) is 3.52. The maximum atomic E-state index is 13.3. The van der Waals surface area contributed by atoms with Crippen LogP contribution in [0.3, 0.4) is 0 Å². The first-order chi connectivity index (χ1) is 12.3.